The van der Waals surface area contributed by atoms with Crippen LogP contribution in [0, 0.1) is 8.60 Å². The van der Waals surface area contributed by atoms with E-state index in [-0.39, 0.29) is 0 Å². The average Bonchev–Trinajstić information content (AvgIpc) is 1.62. The Labute approximate surface area is 766 Å². The quantitative estimate of drug-likeness (QED) is 0.0105. The third-order valence-electron chi connectivity index (χ3n) is 21.9. The molecule has 5 saturated heterocycles. The molecule has 0 spiro atoms. The second kappa shape index (κ2) is 42.1. The van der Waals surface area contributed by atoms with E-state index in [2.05, 4.69) is 177 Å². The molecule has 0 aromatic carbocycles. The smallest absolute Gasteiger partial charge is 0.181 e. The minimum atomic E-state index is -1.24. The van der Waals surface area contributed by atoms with E-state index in [0.717, 1.165) is 48.7 Å². The molecule has 10 aromatic rings. The Hall–Kier alpha value is -5.00. The molecule has 126 heavy (non-hydrogen) atoms. The number of halogens is 1. The highest BCUT2D eigenvalue weighted by Gasteiger charge is 2.50. The fourth-order valence-electron chi connectivity index (χ4n) is 15.1. The molecule has 15 rings (SSSR count). The number of pyridine rings is 5. The second-order valence-corrected chi connectivity index (χ2v) is 61.7. The predicted molar refractivity (Wildman–Crippen MR) is 535 cm³/mol. The lowest BCUT2D eigenvalue weighted by molar-refractivity contribution is -0.0400. The number of rotatable bonds is 26. The van der Waals surface area contributed by atoms with Gasteiger partial charge in [0, 0.05) is 59.3 Å². The zero-order chi connectivity index (χ0) is 92.5. The number of aromatic nitrogens is 15. The van der Waals surface area contributed by atoms with Gasteiger partial charge in [-0.15, -0.1) is 65.9 Å². The highest BCUT2D eigenvalue weighted by Crippen LogP contribution is 2.48. The number of anilines is 5. The van der Waals surface area contributed by atoms with Gasteiger partial charge in [-0.05, 0) is 191 Å². The molecule has 5 aliphatic heterocycles. The first-order valence-corrected chi connectivity index (χ1v) is 61.3. The van der Waals surface area contributed by atoms with Gasteiger partial charge in [0.1, 0.15) is 88.6 Å². The maximum atomic E-state index is 10.7. The molecule has 45 heteroatoms. The van der Waals surface area contributed by atoms with Crippen molar-refractivity contribution in [2.75, 3.05) is 144 Å². The monoisotopic (exact) mass is 2030 g/mol. The first kappa shape index (κ1) is 102. The van der Waals surface area contributed by atoms with Crippen LogP contribution >= 0.6 is 105 Å². The Kier molecular flexibility index (Phi) is 33.9. The molecule has 0 amide bonds. The summed E-state index contributed by atoms with van der Waals surface area (Å²) in [7, 11) is 0. The Bertz CT molecular complexity index is 5780. The molecule has 0 bridgehead atoms. The number of thioether (sulfide) groups is 3. The van der Waals surface area contributed by atoms with Crippen LogP contribution in [0.25, 0.3) is 55.8 Å². The number of aromatic amines is 1. The standard InChI is InChI=1S/C18H29N4O3PS.C17H27N4O3PS.C16H25N4O3PS.C15H22IN4O3P.C15H23N4O3PS/c1-5-10-27-18-21-13-11(19)6-8-20-16(13)22(18)17-15(24)14(23)12(25-17)7-9-26(2,3)4;1-5-26-17-20-12-10(18)6-8-19-15(12)21(17)16-14(23)13(22)11(24-16)7-9-25(2,3)4;1-24(2,3)8-6-10-12(21)13(22)15(23-10)20-14-11(19-16(20)25-4)9(17)5-7-18-14;1-24(2,3)7-5-9-11(21)12(22)14(23-9)20-13-10(19-15(20)16)8(17)4-6-18-13;1-23(2,3)7-5-9-11(20)12(21)14(22-9)19-13-10(18-15(19)24)8(16)4-6-17-13/h6,8,12,14-15,17,23-24H,2,5,7,9-10H2,1,3-4H3,(H2,19,20);6,8,11,13-14,16,22-23H,2,5,7,9H2,1,3-4H3,(H2,18,19);5,7,10,12-13,15,21-22H,1,6,8H2,2-4H3,(H2,17,18);4,6,9,11-12,14,21-22H,1,5,7H2,2-3H3,(H2,17,18);4,6,9,11-12,14,20-21H,1,5,7H2,2-3H3,(H2,16,17)(H,18,24)/t12-,14-,15-,17?;11-,13-,14-,16?;10-,12-,13-,15?;2*9-,11-,12-,14?/m11111/s1. The number of aliphatic hydroxyl groups excluding tert-OH is 10. The van der Waals surface area contributed by atoms with Gasteiger partial charge in [-0.3, -0.25) is 22.8 Å². The topological polar surface area (TPSA) is 535 Å². The molecule has 5 fully saturated rings. The number of ether oxygens (including phenoxy) is 5. The third-order valence-corrected chi connectivity index (χ3v) is 32.9. The van der Waals surface area contributed by atoms with Crippen LogP contribution in [0.4, 0.5) is 28.4 Å². The molecule has 5 aliphatic rings. The normalized spacial score (nSPS) is 27.1. The maximum absolute atomic E-state index is 10.7. The van der Waals surface area contributed by atoms with Gasteiger partial charge in [0.25, 0.3) is 0 Å². The summed E-state index contributed by atoms with van der Waals surface area (Å²) in [6, 6.07) is 8.44. The predicted octanol–water partition coefficient (Wildman–Crippen LogP) is 8.26. The fraction of sp³-hybridized carbons (Fsp3) is 0.568. The second-order valence-electron chi connectivity index (χ2n) is 35.7. The average molecular weight is 2030 g/mol. The molecule has 35 nitrogen and oxygen atoms in total. The zero-order valence-electron chi connectivity index (χ0n) is 73.5. The van der Waals surface area contributed by atoms with Crippen LogP contribution in [-0.4, -0.2) is 362 Å². The molecule has 20 atom stereocenters. The molecule has 0 aliphatic carbocycles. The van der Waals surface area contributed by atoms with Crippen molar-refractivity contribution in [3.8, 4) is 0 Å². The van der Waals surface area contributed by atoms with Crippen LogP contribution in [-0.2, 0) is 23.7 Å². The SMILES string of the molecule is C=P(C)(C)CC[C@H]1OC(n2c(=S)[nH]c3c(N)ccnc32)[C@H](O)[C@@H]1O.C=P(C)(C)CC[C@H]1OC(n2c(I)nc3c(N)ccnc32)[C@H](O)[C@@H]1O.C=P(C)(C)CC[C@H]1OC(n2c(SC)nc3c(N)ccnc32)[C@H](O)[C@@H]1O.C=P(C)(C)CC[C@H]1OC(n2c(SCC)nc3c(N)ccnc32)[C@H](O)[C@@H]1O.C=P(C)(C)CC[C@H]1OC(n2c(SCCC)nc3c(N)ccnc32)[C@H](O)[C@@H]1O. The van der Waals surface area contributed by atoms with Crippen LogP contribution in [0.2, 0.25) is 0 Å². The van der Waals surface area contributed by atoms with E-state index in [0.29, 0.717) is 140 Å². The number of nitrogens with zero attached hydrogens (tertiary/aromatic N) is 14. The molecule has 15 heterocycles. The highest BCUT2D eigenvalue weighted by atomic mass is 127. The van der Waals surface area contributed by atoms with Crippen LogP contribution in [0.1, 0.15) is 83.5 Å². The number of fused-ring (bicyclic) bond motifs is 5. The van der Waals surface area contributed by atoms with E-state index >= 15 is 0 Å². The van der Waals surface area contributed by atoms with Crippen LogP contribution < -0.4 is 28.7 Å². The molecule has 5 unspecified atom stereocenters. The summed E-state index contributed by atoms with van der Waals surface area (Å²) in [6.07, 6.45) is 23.5. The van der Waals surface area contributed by atoms with E-state index < -0.39 is 157 Å². The van der Waals surface area contributed by atoms with Crippen molar-refractivity contribution < 1.29 is 74.7 Å². The van der Waals surface area contributed by atoms with Crippen LogP contribution in [0.15, 0.2) is 76.8 Å². The van der Waals surface area contributed by atoms with E-state index in [4.69, 9.17) is 64.6 Å². The number of imidazole rings is 5. The Morgan fingerprint density at radius 1 is 0.389 bits per heavy atom. The Balaban J connectivity index is 0.000000153. The number of nitrogen functional groups attached to an aromatic ring is 5. The third kappa shape index (κ3) is 23.8. The minimum absolute atomic E-state index is 0.345. The van der Waals surface area contributed by atoms with Gasteiger partial charge in [-0.2, -0.15) is 0 Å². The summed E-state index contributed by atoms with van der Waals surface area (Å²) in [5.74, 6) is 1.68. The van der Waals surface area contributed by atoms with Gasteiger partial charge in [-0.25, -0.2) is 44.9 Å². The van der Waals surface area contributed by atoms with E-state index in [1.807, 2.05) is 13.2 Å². The number of nitrogens with one attached hydrogen (secondary N) is 1. The lowest BCUT2D eigenvalue weighted by Gasteiger charge is -2.19. The summed E-state index contributed by atoms with van der Waals surface area (Å²) in [5.41, 5.74) is 38.2. The molecule has 21 N–H and O–H groups in total. The van der Waals surface area contributed by atoms with E-state index in [9.17, 15) is 51.1 Å². The van der Waals surface area contributed by atoms with Gasteiger partial charge in [0.05, 0.1) is 59.0 Å². The highest BCUT2D eigenvalue weighted by molar-refractivity contribution is 14.1. The fourth-order valence-corrected chi connectivity index (χ4v) is 23.1. The Morgan fingerprint density at radius 2 is 0.651 bits per heavy atom. The van der Waals surface area contributed by atoms with Gasteiger partial charge in [0.15, 0.2) is 83.4 Å². The first-order chi connectivity index (χ1) is 59.1. The lowest BCUT2D eigenvalue weighted by Crippen LogP contribution is -2.32. The molecular weight excluding hydrogens is 1900 g/mol. The Morgan fingerprint density at radius 3 is 0.952 bits per heavy atom. The molecule has 0 saturated carbocycles. The minimum Gasteiger partial charge on any atom is -0.397 e. The molecule has 696 valence electrons. The largest absolute Gasteiger partial charge is 0.397 e. The number of hydrogen-bond acceptors (Lipinski definition) is 33. The van der Waals surface area contributed by atoms with Crippen LogP contribution in [0.5, 0.6) is 0 Å². The number of H-pyrrole nitrogens is 1. The zero-order valence-corrected chi connectivity index (χ0v) is 83.4. The lowest BCUT2D eigenvalue weighted by atomic mass is 10.1. The van der Waals surface area contributed by atoms with Crippen molar-refractivity contribution in [1.82, 2.24) is 72.7 Å². The van der Waals surface area contributed by atoms with Gasteiger partial charge < -0.3 is 108 Å². The maximum Gasteiger partial charge on any atom is 0.181 e. The van der Waals surface area contributed by atoms with E-state index in [1.54, 1.807) is 95.9 Å². The van der Waals surface area contributed by atoms with Crippen molar-refractivity contribution in [2.45, 2.75) is 191 Å². The number of aliphatic hydroxyl groups is 10. The van der Waals surface area contributed by atoms with E-state index in [1.165, 1.54) is 23.5 Å². The summed E-state index contributed by atoms with van der Waals surface area (Å²) in [5, 5.41) is 107. The van der Waals surface area contributed by atoms with Gasteiger partial charge in [0.2, 0.25) is 0 Å². The number of hydrogen-bond donors (Lipinski definition) is 16. The first-order valence-electron chi connectivity index (χ1n) is 41.3. The molecular formula is C81H126IN20O15P5S4. The van der Waals surface area contributed by atoms with Crippen molar-refractivity contribution in [2.24, 2.45) is 0 Å². The number of nitrogens with two attached hydrogens (primary N) is 5. The summed E-state index contributed by atoms with van der Waals surface area (Å²) < 4.78 is 39.7. The summed E-state index contributed by atoms with van der Waals surface area (Å²) >= 11 is 11.9. The summed E-state index contributed by atoms with van der Waals surface area (Å²) in [6.45, 7) is 19.4. The van der Waals surface area contributed by atoms with Crippen molar-refractivity contribution in [3.05, 3.63) is 69.9 Å². The van der Waals surface area contributed by atoms with Crippen LogP contribution in [0.3, 0.4) is 0 Å². The molecule has 10 aromatic heterocycles. The molecule has 0 radical (unpaired) electrons. The van der Waals surface area contributed by atoms with Gasteiger partial charge >= 0.3 is 0 Å². The van der Waals surface area contributed by atoms with Gasteiger partial charge in [-0.1, -0.05) is 49.1 Å². The van der Waals surface area contributed by atoms with Crippen molar-refractivity contribution in [3.63, 3.8) is 0 Å². The van der Waals surface area contributed by atoms with Crippen molar-refractivity contribution >= 4 is 220 Å². The summed E-state index contributed by atoms with van der Waals surface area (Å²) in [4.78, 5) is 42.9. The van der Waals surface area contributed by atoms with Crippen molar-refractivity contribution in [1.29, 1.82) is 0 Å².